The number of aromatic amines is 1. The van der Waals surface area contributed by atoms with Crippen LogP contribution >= 0.6 is 11.3 Å². The topological polar surface area (TPSA) is 99.3 Å². The maximum atomic E-state index is 12.2. The number of aliphatic hydroxyl groups is 1. The zero-order valence-corrected chi connectivity index (χ0v) is 14.8. The maximum Gasteiger partial charge on any atom is 0.251 e. The van der Waals surface area contributed by atoms with Crippen LogP contribution in [0.1, 0.15) is 25.1 Å². The van der Waals surface area contributed by atoms with E-state index in [1.54, 1.807) is 19.1 Å². The summed E-state index contributed by atoms with van der Waals surface area (Å²) in [6.45, 7) is 5.16. The number of rotatable bonds is 6. The zero-order chi connectivity index (χ0) is 17.2. The van der Waals surface area contributed by atoms with Gasteiger partial charge in [-0.05, 0) is 38.5 Å². The number of aryl methyl sites for hydroxylation is 2. The SMILES string of the molecule is CCc1cc(-c2ccc(S(=O)(=O)NCC(C)O)s2)c(C)[nH]c1=O. The summed E-state index contributed by atoms with van der Waals surface area (Å²) in [5, 5.41) is 9.21. The number of hydrogen-bond acceptors (Lipinski definition) is 5. The third-order valence-corrected chi connectivity index (χ3v) is 6.41. The number of sulfonamides is 1. The molecular weight excluding hydrogens is 336 g/mol. The maximum absolute atomic E-state index is 12.2. The lowest BCUT2D eigenvalue weighted by Crippen LogP contribution is -2.30. The number of thiophene rings is 1. The van der Waals surface area contributed by atoms with Gasteiger partial charge < -0.3 is 10.1 Å². The van der Waals surface area contributed by atoms with Gasteiger partial charge in [-0.3, -0.25) is 4.79 Å². The standard InChI is InChI=1S/C15H20N2O4S2/c1-4-11-7-12(10(3)17-15(11)19)13-5-6-14(22-13)23(20,21)16-8-9(2)18/h5-7,9,16,18H,4,8H2,1-3H3,(H,17,19). The van der Waals surface area contributed by atoms with Crippen LogP contribution in [0.3, 0.4) is 0 Å². The first-order valence-corrected chi connectivity index (χ1v) is 9.55. The van der Waals surface area contributed by atoms with Gasteiger partial charge in [0, 0.05) is 28.2 Å². The Morgan fingerprint density at radius 1 is 1.39 bits per heavy atom. The summed E-state index contributed by atoms with van der Waals surface area (Å²) < 4.78 is 26.9. The van der Waals surface area contributed by atoms with E-state index in [1.807, 2.05) is 6.92 Å². The van der Waals surface area contributed by atoms with Gasteiger partial charge in [-0.25, -0.2) is 13.1 Å². The van der Waals surface area contributed by atoms with E-state index in [9.17, 15) is 18.3 Å². The Balaban J connectivity index is 2.38. The van der Waals surface area contributed by atoms with Crippen LogP contribution in [0.2, 0.25) is 0 Å². The molecule has 1 unspecified atom stereocenters. The van der Waals surface area contributed by atoms with Gasteiger partial charge in [0.1, 0.15) is 4.21 Å². The lowest BCUT2D eigenvalue weighted by Gasteiger charge is -2.07. The molecule has 0 aliphatic heterocycles. The molecule has 0 aliphatic rings. The number of aromatic nitrogens is 1. The van der Waals surface area contributed by atoms with E-state index in [2.05, 4.69) is 9.71 Å². The largest absolute Gasteiger partial charge is 0.392 e. The van der Waals surface area contributed by atoms with Crippen molar-refractivity contribution in [3.05, 3.63) is 39.8 Å². The molecule has 2 heterocycles. The van der Waals surface area contributed by atoms with Gasteiger partial charge in [0.2, 0.25) is 10.0 Å². The second kappa shape index (κ2) is 6.96. The van der Waals surface area contributed by atoms with Crippen LogP contribution in [-0.2, 0) is 16.4 Å². The van der Waals surface area contributed by atoms with Crippen molar-refractivity contribution < 1.29 is 13.5 Å². The second-order valence-corrected chi connectivity index (χ2v) is 8.41. The van der Waals surface area contributed by atoms with Crippen LogP contribution in [0.4, 0.5) is 0 Å². The highest BCUT2D eigenvalue weighted by molar-refractivity contribution is 7.91. The number of H-pyrrole nitrogens is 1. The molecule has 2 aromatic rings. The van der Waals surface area contributed by atoms with Gasteiger partial charge in [0.15, 0.2) is 0 Å². The molecule has 2 aromatic heterocycles. The van der Waals surface area contributed by atoms with Gasteiger partial charge >= 0.3 is 0 Å². The average molecular weight is 356 g/mol. The fourth-order valence-corrected chi connectivity index (χ4v) is 4.64. The van der Waals surface area contributed by atoms with Gasteiger partial charge in [0.05, 0.1) is 6.10 Å². The van der Waals surface area contributed by atoms with Crippen LogP contribution in [0.15, 0.2) is 27.2 Å². The van der Waals surface area contributed by atoms with Gasteiger partial charge in [-0.1, -0.05) is 6.92 Å². The first kappa shape index (κ1) is 17.9. The minimum absolute atomic E-state index is 0.0345. The monoisotopic (exact) mass is 356 g/mol. The van der Waals surface area contributed by atoms with E-state index in [-0.39, 0.29) is 16.3 Å². The minimum atomic E-state index is -3.64. The summed E-state index contributed by atoms with van der Waals surface area (Å²) in [6.07, 6.45) is -0.146. The van der Waals surface area contributed by atoms with Crippen molar-refractivity contribution in [2.45, 2.75) is 37.5 Å². The molecule has 0 amide bonds. The molecule has 0 saturated carbocycles. The number of nitrogens with one attached hydrogen (secondary N) is 2. The molecule has 23 heavy (non-hydrogen) atoms. The van der Waals surface area contributed by atoms with Crippen molar-refractivity contribution in [1.29, 1.82) is 0 Å². The van der Waals surface area contributed by atoms with E-state index in [0.717, 1.165) is 21.8 Å². The molecule has 0 aromatic carbocycles. The molecule has 6 nitrogen and oxygen atoms in total. The van der Waals surface area contributed by atoms with Crippen molar-refractivity contribution in [3.8, 4) is 10.4 Å². The summed E-state index contributed by atoms with van der Waals surface area (Å²) >= 11 is 1.13. The van der Waals surface area contributed by atoms with E-state index in [1.165, 1.54) is 13.0 Å². The first-order valence-electron chi connectivity index (χ1n) is 7.25. The third kappa shape index (κ3) is 4.08. The van der Waals surface area contributed by atoms with Crippen LogP contribution in [0, 0.1) is 6.92 Å². The number of hydrogen-bond donors (Lipinski definition) is 3. The van der Waals surface area contributed by atoms with E-state index < -0.39 is 16.1 Å². The van der Waals surface area contributed by atoms with Crippen LogP contribution in [0.5, 0.6) is 0 Å². The Bertz CT molecular complexity index is 851. The van der Waals surface area contributed by atoms with Crippen LogP contribution < -0.4 is 10.3 Å². The predicted octanol–water partition coefficient (Wildman–Crippen LogP) is 1.63. The Kier molecular flexibility index (Phi) is 5.41. The fraction of sp³-hybridized carbons (Fsp3) is 0.400. The molecule has 0 spiro atoms. The van der Waals surface area contributed by atoms with Crippen molar-refractivity contribution >= 4 is 21.4 Å². The summed E-state index contributed by atoms with van der Waals surface area (Å²) in [5.41, 5.74) is 2.07. The highest BCUT2D eigenvalue weighted by Gasteiger charge is 2.18. The molecule has 0 fully saturated rings. The summed E-state index contributed by atoms with van der Waals surface area (Å²) in [5.74, 6) is 0. The summed E-state index contributed by atoms with van der Waals surface area (Å²) in [4.78, 5) is 15.4. The van der Waals surface area contributed by atoms with Crippen molar-refractivity contribution in [2.24, 2.45) is 0 Å². The van der Waals surface area contributed by atoms with E-state index >= 15 is 0 Å². The smallest absolute Gasteiger partial charge is 0.251 e. The molecule has 0 bridgehead atoms. The summed E-state index contributed by atoms with van der Waals surface area (Å²) in [6, 6.07) is 5.06. The molecule has 126 valence electrons. The first-order chi connectivity index (χ1) is 10.7. The Labute approximate surface area is 139 Å². The lowest BCUT2D eigenvalue weighted by molar-refractivity contribution is 0.198. The predicted molar refractivity (Wildman–Crippen MR) is 91.4 cm³/mol. The Hall–Kier alpha value is -1.48. The van der Waals surface area contributed by atoms with Crippen LogP contribution in [0.25, 0.3) is 10.4 Å². The Morgan fingerprint density at radius 2 is 2.09 bits per heavy atom. The average Bonchev–Trinajstić information content (AvgIpc) is 2.96. The van der Waals surface area contributed by atoms with Crippen molar-refractivity contribution in [3.63, 3.8) is 0 Å². The molecule has 8 heteroatoms. The van der Waals surface area contributed by atoms with Crippen molar-refractivity contribution in [2.75, 3.05) is 6.54 Å². The molecule has 0 radical (unpaired) electrons. The number of aliphatic hydroxyl groups excluding tert-OH is 1. The van der Waals surface area contributed by atoms with Gasteiger partial charge in [-0.2, -0.15) is 0 Å². The normalized spacial score (nSPS) is 13.2. The molecular formula is C15H20N2O4S2. The van der Waals surface area contributed by atoms with Crippen LogP contribution in [-0.4, -0.2) is 31.2 Å². The Morgan fingerprint density at radius 3 is 2.70 bits per heavy atom. The lowest BCUT2D eigenvalue weighted by atomic mass is 10.1. The van der Waals surface area contributed by atoms with E-state index in [4.69, 9.17) is 0 Å². The minimum Gasteiger partial charge on any atom is -0.392 e. The fourth-order valence-electron chi connectivity index (χ4n) is 2.10. The molecule has 1 atom stereocenters. The summed E-state index contributed by atoms with van der Waals surface area (Å²) in [7, 11) is -3.64. The highest BCUT2D eigenvalue weighted by Crippen LogP contribution is 2.32. The highest BCUT2D eigenvalue weighted by atomic mass is 32.2. The molecule has 3 N–H and O–H groups in total. The number of pyridine rings is 1. The second-order valence-electron chi connectivity index (χ2n) is 5.34. The van der Waals surface area contributed by atoms with E-state index in [0.29, 0.717) is 17.7 Å². The molecule has 2 rings (SSSR count). The third-order valence-electron chi connectivity index (χ3n) is 3.38. The van der Waals surface area contributed by atoms with Gasteiger partial charge in [0.25, 0.3) is 5.56 Å². The molecule has 0 aliphatic carbocycles. The zero-order valence-electron chi connectivity index (χ0n) is 13.2. The van der Waals surface area contributed by atoms with Gasteiger partial charge in [-0.15, -0.1) is 11.3 Å². The molecule has 0 saturated heterocycles. The quantitative estimate of drug-likeness (QED) is 0.732. The van der Waals surface area contributed by atoms with Crippen molar-refractivity contribution in [1.82, 2.24) is 9.71 Å².